The molecular formula is C17H8Cl2F3N3O3. The Morgan fingerprint density at radius 1 is 1.07 bits per heavy atom. The maximum absolute atomic E-state index is 12.9. The van der Waals surface area contributed by atoms with E-state index in [0.29, 0.717) is 17.3 Å². The molecule has 0 aliphatic carbocycles. The van der Waals surface area contributed by atoms with Gasteiger partial charge < -0.3 is 4.84 Å². The second kappa shape index (κ2) is 6.46. The second-order valence-corrected chi connectivity index (χ2v) is 6.86. The number of benzene rings is 1. The van der Waals surface area contributed by atoms with Crippen LogP contribution in [0.3, 0.4) is 0 Å². The number of nitrogens with zero attached hydrogens (tertiary/aromatic N) is 3. The van der Waals surface area contributed by atoms with Crippen LogP contribution in [0.1, 0.15) is 11.3 Å². The highest BCUT2D eigenvalue weighted by Gasteiger charge is 2.56. The minimum Gasteiger partial charge on any atom is -0.381 e. The molecule has 2 aromatic rings. The molecule has 1 aromatic heterocycles. The summed E-state index contributed by atoms with van der Waals surface area (Å²) in [5, 5.41) is 3.75. The van der Waals surface area contributed by atoms with Crippen molar-refractivity contribution in [3.8, 4) is 0 Å². The highest BCUT2D eigenvalue weighted by atomic mass is 35.5. The fourth-order valence-corrected chi connectivity index (χ4v) is 3.39. The van der Waals surface area contributed by atoms with Crippen LogP contribution in [-0.2, 0) is 20.6 Å². The van der Waals surface area contributed by atoms with E-state index in [4.69, 9.17) is 28.0 Å². The first-order valence-corrected chi connectivity index (χ1v) is 8.54. The van der Waals surface area contributed by atoms with Crippen LogP contribution in [0.15, 0.2) is 41.7 Å². The first-order chi connectivity index (χ1) is 13.2. The maximum atomic E-state index is 12.9. The Bertz CT molecular complexity index is 1020. The van der Waals surface area contributed by atoms with Crippen molar-refractivity contribution < 1.29 is 27.6 Å². The van der Waals surface area contributed by atoms with Crippen molar-refractivity contribution >= 4 is 46.4 Å². The second-order valence-electron chi connectivity index (χ2n) is 6.02. The summed E-state index contributed by atoms with van der Waals surface area (Å²) in [7, 11) is 0. The van der Waals surface area contributed by atoms with Crippen LogP contribution in [0.2, 0.25) is 10.0 Å². The Hall–Kier alpha value is -2.65. The van der Waals surface area contributed by atoms with E-state index in [1.54, 1.807) is 0 Å². The molecule has 2 amide bonds. The van der Waals surface area contributed by atoms with E-state index in [-0.39, 0.29) is 22.1 Å². The van der Waals surface area contributed by atoms with Crippen LogP contribution in [0.25, 0.3) is 0 Å². The number of anilines is 1. The highest BCUT2D eigenvalue weighted by Crippen LogP contribution is 2.37. The number of halogens is 5. The topological polar surface area (TPSA) is 71.9 Å². The molecule has 1 aromatic carbocycles. The van der Waals surface area contributed by atoms with Crippen molar-refractivity contribution in [1.82, 2.24) is 4.98 Å². The number of pyridine rings is 1. The van der Waals surface area contributed by atoms with Crippen molar-refractivity contribution in [3.05, 3.63) is 57.8 Å². The zero-order valence-electron chi connectivity index (χ0n) is 13.6. The lowest BCUT2D eigenvalue weighted by Crippen LogP contribution is -2.33. The van der Waals surface area contributed by atoms with E-state index in [9.17, 15) is 22.8 Å². The third kappa shape index (κ3) is 2.91. The van der Waals surface area contributed by atoms with E-state index < -0.39 is 35.6 Å². The van der Waals surface area contributed by atoms with E-state index in [2.05, 4.69) is 10.1 Å². The molecular weight excluding hydrogens is 422 g/mol. The van der Waals surface area contributed by atoms with E-state index >= 15 is 0 Å². The first kappa shape index (κ1) is 18.7. The Morgan fingerprint density at radius 2 is 1.75 bits per heavy atom. The normalized spacial score (nSPS) is 21.6. The van der Waals surface area contributed by atoms with Gasteiger partial charge in [0.25, 0.3) is 5.91 Å². The van der Waals surface area contributed by atoms with Gasteiger partial charge >= 0.3 is 6.18 Å². The number of oxime groups is 1. The van der Waals surface area contributed by atoms with Gasteiger partial charge in [-0.2, -0.15) is 13.2 Å². The molecule has 0 spiro atoms. The quantitative estimate of drug-likeness (QED) is 0.682. The summed E-state index contributed by atoms with van der Waals surface area (Å²) in [6, 6.07) is 6.67. The van der Waals surface area contributed by atoms with Crippen molar-refractivity contribution in [1.29, 1.82) is 0 Å². The first-order valence-electron chi connectivity index (χ1n) is 7.78. The SMILES string of the molecule is O=C1[C@H]2C(c3ncc(C(F)(F)F)cc3Cl)=NO[C@@H]2C(=O)N1c1ccc(Cl)cc1. The number of aromatic nitrogens is 1. The van der Waals surface area contributed by atoms with E-state index in [1.807, 2.05) is 0 Å². The van der Waals surface area contributed by atoms with Gasteiger partial charge in [-0.05, 0) is 30.3 Å². The summed E-state index contributed by atoms with van der Waals surface area (Å²) in [6.07, 6.45) is -5.29. The van der Waals surface area contributed by atoms with Crippen LogP contribution in [-0.4, -0.2) is 28.6 Å². The maximum Gasteiger partial charge on any atom is 0.417 e. The molecule has 2 aliphatic heterocycles. The van der Waals surface area contributed by atoms with Gasteiger partial charge in [0.2, 0.25) is 12.0 Å². The molecule has 2 aliphatic rings. The fourth-order valence-electron chi connectivity index (χ4n) is 3.00. The van der Waals surface area contributed by atoms with E-state index in [0.717, 1.165) is 4.90 Å². The molecule has 0 bridgehead atoms. The van der Waals surface area contributed by atoms with Gasteiger partial charge in [-0.25, -0.2) is 4.90 Å². The van der Waals surface area contributed by atoms with Crippen molar-refractivity contribution in [2.45, 2.75) is 12.3 Å². The number of fused-ring (bicyclic) bond motifs is 1. The standard InChI is InChI=1S/C17H8Cl2F3N3O3/c18-8-1-3-9(4-2-8)25-15(26)11-13(24-28-14(11)16(25)27)12-10(19)5-7(6-23-12)17(20,21)22/h1-6,11,14H/t11-,14-/m0/s1. The summed E-state index contributed by atoms with van der Waals surface area (Å²) in [4.78, 5) is 35.2. The van der Waals surface area contributed by atoms with Crippen LogP contribution < -0.4 is 4.90 Å². The molecule has 4 rings (SSSR count). The third-order valence-electron chi connectivity index (χ3n) is 4.31. The van der Waals surface area contributed by atoms with Crippen molar-refractivity contribution in [3.63, 3.8) is 0 Å². The summed E-state index contributed by atoms with van der Waals surface area (Å²) in [5.74, 6) is -2.46. The van der Waals surface area contributed by atoms with Crippen molar-refractivity contribution in [2.75, 3.05) is 4.90 Å². The van der Waals surface area contributed by atoms with Crippen LogP contribution in [0.5, 0.6) is 0 Å². The predicted octanol–water partition coefficient (Wildman–Crippen LogP) is 3.70. The number of alkyl halides is 3. The average molecular weight is 430 g/mol. The lowest BCUT2D eigenvalue weighted by atomic mass is 9.96. The summed E-state index contributed by atoms with van der Waals surface area (Å²) >= 11 is 11.8. The monoisotopic (exact) mass is 429 g/mol. The molecule has 2 atom stereocenters. The smallest absolute Gasteiger partial charge is 0.381 e. The molecule has 6 nitrogen and oxygen atoms in total. The predicted molar refractivity (Wildman–Crippen MR) is 93.1 cm³/mol. The fraction of sp³-hybridized carbons (Fsp3) is 0.176. The number of carbonyl (C=O) groups excluding carboxylic acids is 2. The summed E-state index contributed by atoms with van der Waals surface area (Å²) < 4.78 is 38.4. The highest BCUT2D eigenvalue weighted by molar-refractivity contribution is 6.37. The summed E-state index contributed by atoms with van der Waals surface area (Å²) in [6.45, 7) is 0. The summed E-state index contributed by atoms with van der Waals surface area (Å²) in [5.41, 5.74) is -1.02. The number of hydrogen-bond donors (Lipinski definition) is 0. The zero-order valence-corrected chi connectivity index (χ0v) is 15.1. The largest absolute Gasteiger partial charge is 0.417 e. The third-order valence-corrected chi connectivity index (χ3v) is 4.85. The van der Waals surface area contributed by atoms with E-state index in [1.165, 1.54) is 24.3 Å². The number of carbonyl (C=O) groups is 2. The van der Waals surface area contributed by atoms with Gasteiger partial charge in [0.15, 0.2) is 0 Å². The van der Waals surface area contributed by atoms with Crippen LogP contribution in [0, 0.1) is 5.92 Å². The minimum atomic E-state index is -4.63. The number of rotatable bonds is 2. The van der Waals surface area contributed by atoms with Crippen molar-refractivity contribution in [2.24, 2.45) is 11.1 Å². The number of imide groups is 1. The number of hydrogen-bond acceptors (Lipinski definition) is 5. The Balaban J connectivity index is 1.69. The Kier molecular flexibility index (Phi) is 4.31. The van der Waals surface area contributed by atoms with Crippen LogP contribution in [0.4, 0.5) is 18.9 Å². The van der Waals surface area contributed by atoms with Gasteiger partial charge in [-0.3, -0.25) is 14.6 Å². The molecule has 0 N–H and O–H groups in total. The van der Waals surface area contributed by atoms with Gasteiger partial charge in [0.1, 0.15) is 17.3 Å². The Morgan fingerprint density at radius 3 is 2.36 bits per heavy atom. The van der Waals surface area contributed by atoms with Gasteiger partial charge in [-0.1, -0.05) is 28.4 Å². The molecule has 0 radical (unpaired) electrons. The Labute approximate surface area is 165 Å². The van der Waals surface area contributed by atoms with Gasteiger partial charge in [-0.15, -0.1) is 0 Å². The average Bonchev–Trinajstić information content (AvgIpc) is 3.16. The molecule has 3 heterocycles. The van der Waals surface area contributed by atoms with Crippen LogP contribution >= 0.6 is 23.2 Å². The molecule has 28 heavy (non-hydrogen) atoms. The van der Waals surface area contributed by atoms with Gasteiger partial charge in [0.05, 0.1) is 16.3 Å². The zero-order chi connectivity index (χ0) is 20.2. The molecule has 1 fully saturated rings. The lowest BCUT2D eigenvalue weighted by molar-refractivity contribution is -0.137. The molecule has 1 saturated heterocycles. The molecule has 144 valence electrons. The molecule has 11 heteroatoms. The molecule has 0 saturated carbocycles. The lowest BCUT2D eigenvalue weighted by Gasteiger charge is -2.15. The minimum absolute atomic E-state index is 0.0986. The molecule has 0 unspecified atom stereocenters. The number of amides is 2. The van der Waals surface area contributed by atoms with Gasteiger partial charge in [0, 0.05) is 11.2 Å².